The zero-order valence-corrected chi connectivity index (χ0v) is 13.5. The van der Waals surface area contributed by atoms with Gasteiger partial charge < -0.3 is 5.32 Å². The van der Waals surface area contributed by atoms with E-state index in [4.69, 9.17) is 0 Å². The molecular formula is C16H32F2N2. The van der Waals surface area contributed by atoms with Crippen molar-refractivity contribution >= 4 is 0 Å². The number of hydrogen-bond acceptors (Lipinski definition) is 2. The zero-order chi connectivity index (χ0) is 15.1. The summed E-state index contributed by atoms with van der Waals surface area (Å²) in [7, 11) is 0. The summed E-state index contributed by atoms with van der Waals surface area (Å²) in [6.45, 7) is 7.29. The SMILES string of the molecule is CCCCCCC(C)(CCCC)N1CCNCC1(F)F. The molecule has 1 heterocycles. The molecule has 4 heteroatoms. The predicted octanol–water partition coefficient (Wildman–Crippen LogP) is 4.40. The van der Waals surface area contributed by atoms with Gasteiger partial charge in [-0.2, -0.15) is 8.78 Å². The Hall–Kier alpha value is -0.220. The van der Waals surface area contributed by atoms with E-state index in [2.05, 4.69) is 19.2 Å². The Bertz CT molecular complexity index is 271. The highest BCUT2D eigenvalue weighted by atomic mass is 19.3. The van der Waals surface area contributed by atoms with Crippen molar-refractivity contribution in [1.82, 2.24) is 10.2 Å². The molecule has 1 atom stereocenters. The average molecular weight is 290 g/mol. The Balaban J connectivity index is 2.69. The van der Waals surface area contributed by atoms with Crippen LogP contribution in [0.2, 0.25) is 0 Å². The quantitative estimate of drug-likeness (QED) is 0.500. The summed E-state index contributed by atoms with van der Waals surface area (Å²) in [5.74, 6) is 0. The van der Waals surface area contributed by atoms with Gasteiger partial charge in [-0.25, -0.2) is 4.90 Å². The summed E-state index contributed by atoms with van der Waals surface area (Å²) in [6, 6.07) is -2.70. The number of rotatable bonds is 9. The Labute approximate surface area is 123 Å². The Kier molecular flexibility index (Phi) is 7.38. The average Bonchev–Trinajstić information content (AvgIpc) is 2.41. The van der Waals surface area contributed by atoms with Crippen molar-refractivity contribution in [1.29, 1.82) is 0 Å². The van der Waals surface area contributed by atoms with E-state index in [0.717, 1.165) is 38.5 Å². The standard InChI is InChI=1S/C16H32F2N2/c1-4-6-8-9-11-15(3,10-7-5-2)20-13-12-19-14-16(20,17)18/h19H,4-14H2,1-3H3. The van der Waals surface area contributed by atoms with Gasteiger partial charge in [0.1, 0.15) is 0 Å². The van der Waals surface area contributed by atoms with Crippen molar-refractivity contribution in [3.8, 4) is 0 Å². The molecule has 0 aliphatic carbocycles. The first-order valence-corrected chi connectivity index (χ1v) is 8.32. The van der Waals surface area contributed by atoms with E-state index in [1.54, 1.807) is 0 Å². The number of hydrogen-bond donors (Lipinski definition) is 1. The van der Waals surface area contributed by atoms with Gasteiger partial charge in [0.05, 0.1) is 6.54 Å². The van der Waals surface area contributed by atoms with Crippen LogP contribution in [-0.2, 0) is 0 Å². The van der Waals surface area contributed by atoms with Crippen LogP contribution in [0.1, 0.15) is 72.1 Å². The summed E-state index contributed by atoms with van der Waals surface area (Å²) < 4.78 is 28.5. The first kappa shape index (κ1) is 17.8. The first-order chi connectivity index (χ1) is 9.46. The number of unbranched alkanes of at least 4 members (excludes halogenated alkanes) is 4. The van der Waals surface area contributed by atoms with Crippen LogP contribution in [0.25, 0.3) is 0 Å². The first-order valence-electron chi connectivity index (χ1n) is 8.32. The van der Waals surface area contributed by atoms with Gasteiger partial charge >= 0.3 is 6.05 Å². The molecule has 120 valence electrons. The van der Waals surface area contributed by atoms with E-state index in [0.29, 0.717) is 13.1 Å². The topological polar surface area (TPSA) is 15.3 Å². The molecule has 1 N–H and O–H groups in total. The largest absolute Gasteiger partial charge is 0.317 e. The maximum absolute atomic E-state index is 14.2. The molecule has 20 heavy (non-hydrogen) atoms. The molecule has 1 aliphatic rings. The minimum Gasteiger partial charge on any atom is -0.309 e. The van der Waals surface area contributed by atoms with E-state index in [1.165, 1.54) is 17.7 Å². The van der Waals surface area contributed by atoms with Crippen LogP contribution < -0.4 is 5.32 Å². The highest BCUT2D eigenvalue weighted by Gasteiger charge is 2.47. The number of nitrogens with zero attached hydrogens (tertiary/aromatic N) is 1. The maximum Gasteiger partial charge on any atom is 0.317 e. The maximum atomic E-state index is 14.2. The van der Waals surface area contributed by atoms with Gasteiger partial charge in [0, 0.05) is 18.6 Å². The molecule has 1 rings (SSSR count). The minimum absolute atomic E-state index is 0.205. The fourth-order valence-electron chi connectivity index (χ4n) is 3.24. The van der Waals surface area contributed by atoms with Crippen LogP contribution >= 0.6 is 0 Å². The lowest BCUT2D eigenvalue weighted by Crippen LogP contribution is -2.64. The molecule has 0 amide bonds. The van der Waals surface area contributed by atoms with Gasteiger partial charge in [-0.15, -0.1) is 0 Å². The van der Waals surface area contributed by atoms with Gasteiger partial charge in [0.15, 0.2) is 0 Å². The monoisotopic (exact) mass is 290 g/mol. The lowest BCUT2D eigenvalue weighted by atomic mass is 9.86. The van der Waals surface area contributed by atoms with E-state index < -0.39 is 6.05 Å². The smallest absolute Gasteiger partial charge is 0.309 e. The molecule has 1 saturated heterocycles. The molecule has 2 nitrogen and oxygen atoms in total. The van der Waals surface area contributed by atoms with Crippen LogP contribution in [0.4, 0.5) is 8.78 Å². The third kappa shape index (κ3) is 4.96. The van der Waals surface area contributed by atoms with Crippen LogP contribution in [0.3, 0.4) is 0 Å². The number of halogens is 2. The molecule has 0 radical (unpaired) electrons. The Morgan fingerprint density at radius 2 is 1.70 bits per heavy atom. The minimum atomic E-state index is -2.70. The summed E-state index contributed by atoms with van der Waals surface area (Å²) >= 11 is 0. The number of nitrogens with one attached hydrogen (secondary N) is 1. The molecule has 1 unspecified atom stereocenters. The second-order valence-corrected chi connectivity index (χ2v) is 6.41. The number of alkyl halides is 2. The third-order valence-electron chi connectivity index (χ3n) is 4.53. The van der Waals surface area contributed by atoms with E-state index in [1.807, 2.05) is 6.92 Å². The summed E-state index contributed by atoms with van der Waals surface area (Å²) in [5.41, 5.74) is -0.352. The lowest BCUT2D eigenvalue weighted by molar-refractivity contribution is -0.201. The summed E-state index contributed by atoms with van der Waals surface area (Å²) in [4.78, 5) is 1.48. The van der Waals surface area contributed by atoms with Gasteiger partial charge in [0.25, 0.3) is 0 Å². The molecule has 0 saturated carbocycles. The number of piperazine rings is 1. The fraction of sp³-hybridized carbons (Fsp3) is 1.00. The Morgan fingerprint density at radius 1 is 1.05 bits per heavy atom. The molecule has 0 bridgehead atoms. The van der Waals surface area contributed by atoms with Gasteiger partial charge in [-0.3, -0.25) is 0 Å². The molecule has 0 aromatic carbocycles. The summed E-state index contributed by atoms with van der Waals surface area (Å²) in [6.07, 6.45) is 8.50. The molecule has 0 aromatic rings. The van der Waals surface area contributed by atoms with Gasteiger partial charge in [-0.05, 0) is 19.8 Å². The van der Waals surface area contributed by atoms with Crippen LogP contribution in [-0.4, -0.2) is 36.1 Å². The molecule has 1 fully saturated rings. The van der Waals surface area contributed by atoms with Crippen molar-refractivity contribution in [2.24, 2.45) is 0 Å². The van der Waals surface area contributed by atoms with Gasteiger partial charge in [-0.1, -0.05) is 52.4 Å². The van der Waals surface area contributed by atoms with E-state index in [9.17, 15) is 8.78 Å². The van der Waals surface area contributed by atoms with Crippen molar-refractivity contribution in [3.05, 3.63) is 0 Å². The van der Waals surface area contributed by atoms with Crippen molar-refractivity contribution in [2.75, 3.05) is 19.6 Å². The lowest BCUT2D eigenvalue weighted by Gasteiger charge is -2.48. The van der Waals surface area contributed by atoms with Gasteiger partial charge in [0.2, 0.25) is 0 Å². The second kappa shape index (κ2) is 8.28. The predicted molar refractivity (Wildman–Crippen MR) is 81.2 cm³/mol. The van der Waals surface area contributed by atoms with Crippen molar-refractivity contribution in [2.45, 2.75) is 83.7 Å². The second-order valence-electron chi connectivity index (χ2n) is 6.41. The molecule has 0 aromatic heterocycles. The van der Waals surface area contributed by atoms with Crippen molar-refractivity contribution in [3.63, 3.8) is 0 Å². The highest BCUT2D eigenvalue weighted by Crippen LogP contribution is 2.36. The Morgan fingerprint density at radius 3 is 2.30 bits per heavy atom. The zero-order valence-electron chi connectivity index (χ0n) is 13.5. The third-order valence-corrected chi connectivity index (χ3v) is 4.53. The van der Waals surface area contributed by atoms with Crippen LogP contribution in [0, 0.1) is 0 Å². The van der Waals surface area contributed by atoms with E-state index in [-0.39, 0.29) is 12.1 Å². The van der Waals surface area contributed by atoms with Crippen molar-refractivity contribution < 1.29 is 8.78 Å². The normalized spacial score (nSPS) is 22.6. The highest BCUT2D eigenvalue weighted by molar-refractivity contribution is 4.93. The molecular weight excluding hydrogens is 258 g/mol. The van der Waals surface area contributed by atoms with Crippen LogP contribution in [0.5, 0.6) is 0 Å². The summed E-state index contributed by atoms with van der Waals surface area (Å²) in [5, 5.41) is 2.82. The van der Waals surface area contributed by atoms with Crippen LogP contribution in [0.15, 0.2) is 0 Å². The fourth-order valence-corrected chi connectivity index (χ4v) is 3.24. The molecule has 1 aliphatic heterocycles. The van der Waals surface area contributed by atoms with E-state index >= 15 is 0 Å². The molecule has 0 spiro atoms.